The number of amides is 1. The topological polar surface area (TPSA) is 88.3 Å². The van der Waals surface area contributed by atoms with E-state index in [0.29, 0.717) is 0 Å². The molecule has 0 aliphatic rings. The van der Waals surface area contributed by atoms with Crippen LogP contribution in [0.1, 0.15) is 28.9 Å². The standard InChI is InChI=1S/C15H15F3N4O3/c1-21(8-4-7-13(23)24)14(25)11-9-22(20-19-11)12-6-3-2-5-10(12)15(16,17)18/h2-3,5-6,9H,4,7-8H2,1H3,(H,23,24). The molecule has 25 heavy (non-hydrogen) atoms. The van der Waals surface area contributed by atoms with Gasteiger partial charge in [-0.2, -0.15) is 13.2 Å². The van der Waals surface area contributed by atoms with E-state index in [0.717, 1.165) is 16.9 Å². The predicted molar refractivity (Wildman–Crippen MR) is 80.2 cm³/mol. The summed E-state index contributed by atoms with van der Waals surface area (Å²) in [7, 11) is 1.45. The van der Waals surface area contributed by atoms with Gasteiger partial charge in [0.2, 0.25) is 0 Å². The van der Waals surface area contributed by atoms with Gasteiger partial charge in [-0.25, -0.2) is 4.68 Å². The molecule has 10 heteroatoms. The number of hydrogen-bond donors (Lipinski definition) is 1. The number of carbonyl (C=O) groups excluding carboxylic acids is 1. The molecule has 0 saturated heterocycles. The van der Waals surface area contributed by atoms with E-state index in [1.165, 1.54) is 30.1 Å². The molecule has 134 valence electrons. The summed E-state index contributed by atoms with van der Waals surface area (Å²) in [5.74, 6) is -1.53. The van der Waals surface area contributed by atoms with Crippen molar-refractivity contribution in [3.63, 3.8) is 0 Å². The second-order valence-electron chi connectivity index (χ2n) is 5.29. The van der Waals surface area contributed by atoms with Crippen molar-refractivity contribution in [3.8, 4) is 5.69 Å². The zero-order valence-corrected chi connectivity index (χ0v) is 13.2. The molecule has 2 aromatic rings. The van der Waals surface area contributed by atoms with E-state index < -0.39 is 23.6 Å². The molecule has 7 nitrogen and oxygen atoms in total. The highest BCUT2D eigenvalue weighted by Crippen LogP contribution is 2.33. The normalized spacial score (nSPS) is 11.4. The van der Waals surface area contributed by atoms with Crippen molar-refractivity contribution in [1.29, 1.82) is 0 Å². The van der Waals surface area contributed by atoms with Crippen molar-refractivity contribution >= 4 is 11.9 Å². The van der Waals surface area contributed by atoms with Crippen molar-refractivity contribution in [1.82, 2.24) is 19.9 Å². The van der Waals surface area contributed by atoms with Crippen molar-refractivity contribution in [2.75, 3.05) is 13.6 Å². The molecule has 1 aromatic carbocycles. The molecule has 0 radical (unpaired) electrons. The molecule has 1 N–H and O–H groups in total. The van der Waals surface area contributed by atoms with E-state index in [1.807, 2.05) is 0 Å². The van der Waals surface area contributed by atoms with Crippen LogP contribution in [-0.2, 0) is 11.0 Å². The van der Waals surface area contributed by atoms with Gasteiger partial charge in [0.25, 0.3) is 5.91 Å². The number of carboxylic acid groups (broad SMARTS) is 1. The lowest BCUT2D eigenvalue weighted by atomic mass is 10.1. The van der Waals surface area contributed by atoms with Crippen LogP contribution in [0.2, 0.25) is 0 Å². The summed E-state index contributed by atoms with van der Waals surface area (Å²) in [5, 5.41) is 15.8. The van der Waals surface area contributed by atoms with Gasteiger partial charge in [0.05, 0.1) is 17.4 Å². The van der Waals surface area contributed by atoms with Crippen LogP contribution in [0.4, 0.5) is 13.2 Å². The molecule has 1 aromatic heterocycles. The van der Waals surface area contributed by atoms with Crippen molar-refractivity contribution in [2.24, 2.45) is 0 Å². The molecule has 0 atom stereocenters. The largest absolute Gasteiger partial charge is 0.481 e. The van der Waals surface area contributed by atoms with Crippen LogP contribution in [0.3, 0.4) is 0 Å². The summed E-state index contributed by atoms with van der Waals surface area (Å²) >= 11 is 0. The molecule has 2 rings (SSSR count). The first-order valence-corrected chi connectivity index (χ1v) is 7.26. The van der Waals surface area contributed by atoms with Crippen LogP contribution in [0.5, 0.6) is 0 Å². The number of rotatable bonds is 6. The van der Waals surface area contributed by atoms with E-state index in [2.05, 4.69) is 10.3 Å². The second-order valence-corrected chi connectivity index (χ2v) is 5.29. The molecule has 0 bridgehead atoms. The van der Waals surface area contributed by atoms with Gasteiger partial charge in [-0.1, -0.05) is 17.3 Å². The number of para-hydroxylation sites is 1. The highest BCUT2D eigenvalue weighted by molar-refractivity contribution is 5.91. The molecule has 0 saturated carbocycles. The van der Waals surface area contributed by atoms with Crippen LogP contribution < -0.4 is 0 Å². The molecule has 0 aliphatic heterocycles. The number of hydrogen-bond acceptors (Lipinski definition) is 4. The number of carbonyl (C=O) groups is 2. The molecule has 1 heterocycles. The number of nitrogens with zero attached hydrogens (tertiary/aromatic N) is 4. The minimum Gasteiger partial charge on any atom is -0.481 e. The molecular weight excluding hydrogens is 341 g/mol. The van der Waals surface area contributed by atoms with Gasteiger partial charge in [-0.15, -0.1) is 5.10 Å². The Balaban J connectivity index is 2.18. The number of aliphatic carboxylic acids is 1. The van der Waals surface area contributed by atoms with Gasteiger partial charge in [0.1, 0.15) is 0 Å². The first-order chi connectivity index (χ1) is 11.7. The van der Waals surface area contributed by atoms with Crippen molar-refractivity contribution < 1.29 is 27.9 Å². The lowest BCUT2D eigenvalue weighted by Crippen LogP contribution is -2.28. The molecular formula is C15H15F3N4O3. The van der Waals surface area contributed by atoms with Crippen LogP contribution in [0.25, 0.3) is 5.69 Å². The quantitative estimate of drug-likeness (QED) is 0.857. The Morgan fingerprint density at radius 2 is 1.96 bits per heavy atom. The third-order valence-electron chi connectivity index (χ3n) is 3.40. The monoisotopic (exact) mass is 356 g/mol. The highest BCUT2D eigenvalue weighted by Gasteiger charge is 2.34. The summed E-state index contributed by atoms with van der Waals surface area (Å²) in [5.41, 5.74) is -1.27. The number of alkyl halides is 3. The smallest absolute Gasteiger partial charge is 0.418 e. The Labute approximate surface area is 140 Å². The van der Waals surface area contributed by atoms with Crippen molar-refractivity contribution in [2.45, 2.75) is 19.0 Å². The first kappa shape index (κ1) is 18.4. The SMILES string of the molecule is CN(CCCC(=O)O)C(=O)c1cn(-c2ccccc2C(F)(F)F)nn1. The van der Waals surface area contributed by atoms with Gasteiger partial charge in [0, 0.05) is 20.0 Å². The van der Waals surface area contributed by atoms with Gasteiger partial charge in [0.15, 0.2) is 5.69 Å². The number of benzene rings is 1. The summed E-state index contributed by atoms with van der Waals surface area (Å²) in [4.78, 5) is 23.9. The Hall–Kier alpha value is -2.91. The lowest BCUT2D eigenvalue weighted by molar-refractivity contribution is -0.138. The summed E-state index contributed by atoms with van der Waals surface area (Å²) < 4.78 is 40.0. The van der Waals surface area contributed by atoms with E-state index >= 15 is 0 Å². The zero-order valence-electron chi connectivity index (χ0n) is 13.2. The van der Waals surface area contributed by atoms with Crippen LogP contribution in [-0.4, -0.2) is 50.5 Å². The maximum absolute atomic E-state index is 13.0. The fraction of sp³-hybridized carbons (Fsp3) is 0.333. The van der Waals surface area contributed by atoms with Crippen LogP contribution in [0.15, 0.2) is 30.5 Å². The van der Waals surface area contributed by atoms with E-state index in [4.69, 9.17) is 5.11 Å². The average molecular weight is 356 g/mol. The Kier molecular flexibility index (Phi) is 5.40. The van der Waals surface area contributed by atoms with Gasteiger partial charge >= 0.3 is 12.1 Å². The zero-order chi connectivity index (χ0) is 18.6. The van der Waals surface area contributed by atoms with Gasteiger partial charge in [-0.05, 0) is 18.6 Å². The molecule has 0 spiro atoms. The molecule has 0 fully saturated rings. The Morgan fingerprint density at radius 1 is 1.28 bits per heavy atom. The van der Waals surface area contributed by atoms with Crippen LogP contribution in [0, 0.1) is 0 Å². The van der Waals surface area contributed by atoms with Crippen LogP contribution >= 0.6 is 0 Å². The average Bonchev–Trinajstić information content (AvgIpc) is 3.02. The Morgan fingerprint density at radius 3 is 2.60 bits per heavy atom. The van der Waals surface area contributed by atoms with E-state index in [1.54, 1.807) is 0 Å². The van der Waals surface area contributed by atoms with Gasteiger partial charge in [-0.3, -0.25) is 9.59 Å². The van der Waals surface area contributed by atoms with E-state index in [-0.39, 0.29) is 30.8 Å². The van der Waals surface area contributed by atoms with E-state index in [9.17, 15) is 22.8 Å². The molecule has 0 unspecified atom stereocenters. The maximum atomic E-state index is 13.0. The minimum atomic E-state index is -4.57. The third-order valence-corrected chi connectivity index (χ3v) is 3.40. The number of halogens is 3. The lowest BCUT2D eigenvalue weighted by Gasteiger charge is -2.14. The predicted octanol–water partition coefficient (Wildman–Crippen LogP) is 2.22. The minimum absolute atomic E-state index is 0.0940. The molecule has 1 amide bonds. The summed E-state index contributed by atoms with van der Waals surface area (Å²) in [6.07, 6.45) is -3.30. The summed E-state index contributed by atoms with van der Waals surface area (Å²) in [6, 6.07) is 4.82. The van der Waals surface area contributed by atoms with Gasteiger partial charge < -0.3 is 10.0 Å². The van der Waals surface area contributed by atoms with Crippen molar-refractivity contribution in [3.05, 3.63) is 41.7 Å². The Bertz CT molecular complexity index is 773. The highest BCUT2D eigenvalue weighted by atomic mass is 19.4. The summed E-state index contributed by atoms with van der Waals surface area (Å²) in [6.45, 7) is 0.178. The number of carboxylic acids is 1. The maximum Gasteiger partial charge on any atom is 0.418 e. The second kappa shape index (κ2) is 7.32. The first-order valence-electron chi connectivity index (χ1n) is 7.26. The number of aromatic nitrogens is 3. The molecule has 0 aliphatic carbocycles. The fourth-order valence-electron chi connectivity index (χ4n) is 2.16. The fourth-order valence-corrected chi connectivity index (χ4v) is 2.16. The third kappa shape index (κ3) is 4.55.